The number of aromatic nitrogens is 2. The fourth-order valence-electron chi connectivity index (χ4n) is 3.32. The second kappa shape index (κ2) is 4.64. The van der Waals surface area contributed by atoms with Crippen LogP contribution >= 0.6 is 0 Å². The summed E-state index contributed by atoms with van der Waals surface area (Å²) >= 11 is 0. The van der Waals surface area contributed by atoms with Crippen LogP contribution in [-0.2, 0) is 11.8 Å². The molecule has 2 fully saturated rings. The molecule has 2 N–H and O–H groups in total. The fraction of sp³-hybridized carbons (Fsp3) is 0.769. The molecule has 1 aromatic heterocycles. The Labute approximate surface area is 108 Å². The Morgan fingerprint density at radius 3 is 2.61 bits per heavy atom. The Balaban J connectivity index is 1.82. The first-order valence-corrected chi connectivity index (χ1v) is 6.77. The number of ether oxygens (including phenoxy) is 1. The lowest BCUT2D eigenvalue weighted by molar-refractivity contribution is -0.0521. The Morgan fingerprint density at radius 2 is 2.11 bits per heavy atom. The Morgan fingerprint density at radius 1 is 1.44 bits per heavy atom. The number of nitrogens with zero attached hydrogens (tertiary/aromatic N) is 3. The predicted molar refractivity (Wildman–Crippen MR) is 69.2 cm³/mol. The molecule has 1 aromatic rings. The number of morpholine rings is 1. The largest absolute Gasteiger partial charge is 0.372 e. The van der Waals surface area contributed by atoms with Crippen LogP contribution in [0.3, 0.4) is 0 Å². The fourth-order valence-corrected chi connectivity index (χ4v) is 3.32. The minimum atomic E-state index is 0.283. The average molecular weight is 250 g/mol. The van der Waals surface area contributed by atoms with Crippen molar-refractivity contribution < 1.29 is 4.74 Å². The highest BCUT2D eigenvalue weighted by molar-refractivity contribution is 5.21. The third kappa shape index (κ3) is 2.06. The number of nitrogens with two attached hydrogens (primary N) is 1. The van der Waals surface area contributed by atoms with Crippen LogP contribution in [0.4, 0.5) is 0 Å². The summed E-state index contributed by atoms with van der Waals surface area (Å²) in [5.74, 6) is 0. The molecule has 0 saturated carbocycles. The maximum atomic E-state index is 6.01. The Kier molecular flexibility index (Phi) is 3.13. The van der Waals surface area contributed by atoms with Crippen molar-refractivity contribution in [3.05, 3.63) is 17.5 Å². The van der Waals surface area contributed by atoms with E-state index >= 15 is 0 Å². The molecule has 3 unspecified atom stereocenters. The zero-order valence-corrected chi connectivity index (χ0v) is 11.2. The van der Waals surface area contributed by atoms with Crippen LogP contribution in [0, 0.1) is 6.92 Å². The molecule has 2 aliphatic rings. The van der Waals surface area contributed by atoms with E-state index in [0.29, 0.717) is 18.8 Å². The van der Waals surface area contributed by atoms with Gasteiger partial charge in [0.2, 0.25) is 0 Å². The minimum absolute atomic E-state index is 0.283. The lowest BCUT2D eigenvalue weighted by atomic mass is 10.1. The van der Waals surface area contributed by atoms with Gasteiger partial charge in [-0.2, -0.15) is 5.10 Å². The van der Waals surface area contributed by atoms with Gasteiger partial charge >= 0.3 is 0 Å². The quantitative estimate of drug-likeness (QED) is 0.853. The molecular formula is C13H22N4O. The highest BCUT2D eigenvalue weighted by atomic mass is 16.5. The first-order chi connectivity index (χ1) is 8.67. The van der Waals surface area contributed by atoms with Crippen molar-refractivity contribution in [2.24, 2.45) is 12.8 Å². The smallest absolute Gasteiger partial charge is 0.0707 e. The van der Waals surface area contributed by atoms with Crippen molar-refractivity contribution in [1.82, 2.24) is 14.7 Å². The minimum Gasteiger partial charge on any atom is -0.372 e. The van der Waals surface area contributed by atoms with Crippen molar-refractivity contribution in [2.45, 2.75) is 38.0 Å². The molecule has 0 radical (unpaired) electrons. The topological polar surface area (TPSA) is 56.3 Å². The standard InChI is InChI=1S/C13H22N4O/c1-9-12(8-16(2)15-9)13(5-14)17-6-10-3-4-11(7-17)18-10/h8,10-11,13H,3-7,14H2,1-2H3. The monoisotopic (exact) mass is 250 g/mol. The van der Waals surface area contributed by atoms with Gasteiger partial charge in [-0.3, -0.25) is 9.58 Å². The lowest BCUT2D eigenvalue weighted by Crippen LogP contribution is -2.46. The first-order valence-electron chi connectivity index (χ1n) is 6.77. The van der Waals surface area contributed by atoms with E-state index in [1.54, 1.807) is 0 Å². The summed E-state index contributed by atoms with van der Waals surface area (Å²) in [4.78, 5) is 2.48. The number of rotatable bonds is 3. The third-order valence-electron chi connectivity index (χ3n) is 4.15. The van der Waals surface area contributed by atoms with Crippen LogP contribution in [0.2, 0.25) is 0 Å². The van der Waals surface area contributed by atoms with Gasteiger partial charge in [-0.05, 0) is 19.8 Å². The van der Waals surface area contributed by atoms with Crippen LogP contribution < -0.4 is 5.73 Å². The highest BCUT2D eigenvalue weighted by Gasteiger charge is 2.37. The Bertz CT molecular complexity index is 419. The van der Waals surface area contributed by atoms with Crippen LogP contribution in [0.5, 0.6) is 0 Å². The molecule has 2 aliphatic heterocycles. The maximum Gasteiger partial charge on any atom is 0.0707 e. The molecular weight excluding hydrogens is 228 g/mol. The maximum absolute atomic E-state index is 6.01. The molecule has 2 bridgehead atoms. The van der Waals surface area contributed by atoms with Crippen molar-refractivity contribution in [3.8, 4) is 0 Å². The lowest BCUT2D eigenvalue weighted by Gasteiger charge is -2.37. The molecule has 3 rings (SSSR count). The van der Waals surface area contributed by atoms with E-state index < -0.39 is 0 Å². The molecule has 2 saturated heterocycles. The van der Waals surface area contributed by atoms with Crippen molar-refractivity contribution >= 4 is 0 Å². The van der Waals surface area contributed by atoms with E-state index in [9.17, 15) is 0 Å². The van der Waals surface area contributed by atoms with Gasteiger partial charge in [-0.25, -0.2) is 0 Å². The van der Waals surface area contributed by atoms with E-state index in [1.165, 1.54) is 18.4 Å². The van der Waals surface area contributed by atoms with Crippen molar-refractivity contribution in [3.63, 3.8) is 0 Å². The molecule has 3 atom stereocenters. The van der Waals surface area contributed by atoms with Crippen LogP contribution in [0.1, 0.15) is 30.1 Å². The van der Waals surface area contributed by atoms with Crippen LogP contribution in [-0.4, -0.2) is 46.5 Å². The summed E-state index contributed by atoms with van der Waals surface area (Å²) in [6, 6.07) is 0.283. The number of aryl methyl sites for hydroxylation is 2. The zero-order valence-electron chi connectivity index (χ0n) is 11.2. The van der Waals surface area contributed by atoms with Crippen LogP contribution in [0.25, 0.3) is 0 Å². The van der Waals surface area contributed by atoms with Gasteiger partial charge in [0.15, 0.2) is 0 Å². The van der Waals surface area contributed by atoms with E-state index in [2.05, 4.69) is 23.1 Å². The molecule has 0 aliphatic carbocycles. The van der Waals surface area contributed by atoms with Gasteiger partial charge in [-0.15, -0.1) is 0 Å². The highest BCUT2D eigenvalue weighted by Crippen LogP contribution is 2.32. The van der Waals surface area contributed by atoms with Gasteiger partial charge < -0.3 is 10.5 Å². The molecule has 100 valence electrons. The first kappa shape index (κ1) is 12.1. The van der Waals surface area contributed by atoms with Gasteiger partial charge in [0.05, 0.1) is 23.9 Å². The summed E-state index contributed by atoms with van der Waals surface area (Å²) in [6.45, 7) is 4.72. The number of fused-ring (bicyclic) bond motifs is 2. The zero-order chi connectivity index (χ0) is 12.7. The summed E-state index contributed by atoms with van der Waals surface area (Å²) in [5, 5.41) is 4.43. The molecule has 5 nitrogen and oxygen atoms in total. The summed E-state index contributed by atoms with van der Waals surface area (Å²) in [7, 11) is 1.97. The van der Waals surface area contributed by atoms with Gasteiger partial charge in [0.1, 0.15) is 0 Å². The van der Waals surface area contributed by atoms with Gasteiger partial charge in [-0.1, -0.05) is 0 Å². The average Bonchev–Trinajstić information content (AvgIpc) is 2.83. The molecule has 18 heavy (non-hydrogen) atoms. The molecule has 0 amide bonds. The number of likely N-dealkylation sites (tertiary alicyclic amines) is 1. The molecule has 0 aromatic carbocycles. The summed E-state index contributed by atoms with van der Waals surface area (Å²) in [6.07, 6.45) is 5.32. The summed E-state index contributed by atoms with van der Waals surface area (Å²) in [5.41, 5.74) is 8.36. The molecule has 0 spiro atoms. The number of hydrogen-bond donors (Lipinski definition) is 1. The molecule has 3 heterocycles. The van der Waals surface area contributed by atoms with E-state index in [-0.39, 0.29) is 6.04 Å². The predicted octanol–water partition coefficient (Wildman–Crippen LogP) is 0.592. The van der Waals surface area contributed by atoms with E-state index in [0.717, 1.165) is 18.8 Å². The van der Waals surface area contributed by atoms with Gasteiger partial charge in [0.25, 0.3) is 0 Å². The van der Waals surface area contributed by atoms with E-state index in [1.807, 2.05) is 11.7 Å². The van der Waals surface area contributed by atoms with Crippen molar-refractivity contribution in [1.29, 1.82) is 0 Å². The van der Waals surface area contributed by atoms with Crippen molar-refractivity contribution in [2.75, 3.05) is 19.6 Å². The second-order valence-corrected chi connectivity index (χ2v) is 5.51. The Hall–Kier alpha value is -0.910. The normalized spacial score (nSPS) is 29.7. The van der Waals surface area contributed by atoms with E-state index in [4.69, 9.17) is 10.5 Å². The number of hydrogen-bond acceptors (Lipinski definition) is 4. The second-order valence-electron chi connectivity index (χ2n) is 5.51. The summed E-state index contributed by atoms with van der Waals surface area (Å²) < 4.78 is 7.77. The SMILES string of the molecule is Cc1nn(C)cc1C(CN)N1CC2CCC(C1)O2. The molecule has 5 heteroatoms. The third-order valence-corrected chi connectivity index (χ3v) is 4.15. The van der Waals surface area contributed by atoms with Gasteiger partial charge in [0, 0.05) is 38.4 Å². The van der Waals surface area contributed by atoms with Crippen LogP contribution in [0.15, 0.2) is 6.20 Å².